The van der Waals surface area contributed by atoms with Crippen LogP contribution >= 0.6 is 23.4 Å². The number of hydrogen-bond donors (Lipinski definition) is 1. The van der Waals surface area contributed by atoms with E-state index < -0.39 is 0 Å². The Bertz CT molecular complexity index is 1050. The molecule has 0 aliphatic carbocycles. The van der Waals surface area contributed by atoms with Crippen molar-refractivity contribution < 1.29 is 9.53 Å². The molecule has 0 radical (unpaired) electrons. The highest BCUT2D eigenvalue weighted by Gasteiger charge is 2.18. The van der Waals surface area contributed by atoms with Crippen LogP contribution in [0.25, 0.3) is 11.4 Å². The van der Waals surface area contributed by atoms with Crippen LogP contribution in [0.15, 0.2) is 41.6 Å². The van der Waals surface area contributed by atoms with Gasteiger partial charge in [-0.1, -0.05) is 55.4 Å². The molecule has 0 unspecified atom stereocenters. The first-order valence-electron chi connectivity index (χ1n) is 10.3. The predicted octanol–water partition coefficient (Wildman–Crippen LogP) is 5.48. The third-order valence-corrected chi connectivity index (χ3v) is 6.23. The number of amides is 1. The number of para-hydroxylation sites is 1. The van der Waals surface area contributed by atoms with Gasteiger partial charge in [0.15, 0.2) is 11.0 Å². The lowest BCUT2D eigenvalue weighted by Gasteiger charge is -2.14. The van der Waals surface area contributed by atoms with Crippen LogP contribution in [0.2, 0.25) is 5.02 Å². The van der Waals surface area contributed by atoms with Crippen LogP contribution in [0.3, 0.4) is 0 Å². The van der Waals surface area contributed by atoms with Gasteiger partial charge in [-0.15, -0.1) is 10.2 Å². The molecular formula is C23H27ClN4O2S. The molecule has 0 fully saturated rings. The van der Waals surface area contributed by atoms with Gasteiger partial charge in [-0.2, -0.15) is 0 Å². The molecule has 1 aromatic heterocycles. The minimum atomic E-state index is -0.0619. The van der Waals surface area contributed by atoms with Gasteiger partial charge in [-0.3, -0.25) is 4.79 Å². The third-order valence-electron chi connectivity index (χ3n) is 5.03. The van der Waals surface area contributed by atoms with Crippen LogP contribution in [0, 0.1) is 0 Å². The SMILES string of the molecule is CCc1cccc(CC)c1NC(=O)CSc1nnc(-c2cc(Cl)ccc2OC)n1CC. The molecule has 1 heterocycles. The van der Waals surface area contributed by atoms with E-state index in [9.17, 15) is 4.79 Å². The molecule has 3 rings (SSSR count). The monoisotopic (exact) mass is 458 g/mol. The van der Waals surface area contributed by atoms with Crippen molar-refractivity contribution in [3.8, 4) is 17.1 Å². The van der Waals surface area contributed by atoms with Gasteiger partial charge in [0.05, 0.1) is 18.4 Å². The molecular weight excluding hydrogens is 432 g/mol. The molecule has 6 nitrogen and oxygen atoms in total. The first-order chi connectivity index (χ1) is 15.0. The van der Waals surface area contributed by atoms with Gasteiger partial charge in [0, 0.05) is 17.3 Å². The largest absolute Gasteiger partial charge is 0.496 e. The van der Waals surface area contributed by atoms with E-state index >= 15 is 0 Å². The molecule has 8 heteroatoms. The van der Waals surface area contributed by atoms with Crippen LogP contribution in [0.4, 0.5) is 5.69 Å². The highest BCUT2D eigenvalue weighted by Crippen LogP contribution is 2.33. The summed E-state index contributed by atoms with van der Waals surface area (Å²) in [7, 11) is 1.61. The Morgan fingerprint density at radius 3 is 2.45 bits per heavy atom. The predicted molar refractivity (Wildman–Crippen MR) is 127 cm³/mol. The van der Waals surface area contributed by atoms with Crippen LogP contribution in [0.1, 0.15) is 31.9 Å². The van der Waals surface area contributed by atoms with Crippen LogP contribution in [-0.4, -0.2) is 33.5 Å². The second-order valence-corrected chi connectivity index (χ2v) is 8.27. The van der Waals surface area contributed by atoms with E-state index in [-0.39, 0.29) is 11.7 Å². The van der Waals surface area contributed by atoms with Gasteiger partial charge in [-0.05, 0) is 49.1 Å². The standard InChI is InChI=1S/C23H27ClN4O2S/c1-5-15-9-8-10-16(6-2)21(15)25-20(29)14-31-23-27-26-22(28(23)7-3)18-13-17(24)11-12-19(18)30-4/h8-13H,5-7,14H2,1-4H3,(H,25,29). The minimum Gasteiger partial charge on any atom is -0.496 e. The summed E-state index contributed by atoms with van der Waals surface area (Å²) in [4.78, 5) is 12.7. The summed E-state index contributed by atoms with van der Waals surface area (Å²) >= 11 is 7.55. The zero-order valence-corrected chi connectivity index (χ0v) is 19.8. The van der Waals surface area contributed by atoms with Gasteiger partial charge >= 0.3 is 0 Å². The minimum absolute atomic E-state index is 0.0619. The topological polar surface area (TPSA) is 69.0 Å². The van der Waals surface area contributed by atoms with Crippen molar-refractivity contribution in [2.75, 3.05) is 18.2 Å². The van der Waals surface area contributed by atoms with E-state index in [1.807, 2.05) is 29.7 Å². The zero-order chi connectivity index (χ0) is 22.4. The molecule has 31 heavy (non-hydrogen) atoms. The average Bonchev–Trinajstić information content (AvgIpc) is 3.20. The maximum Gasteiger partial charge on any atom is 0.234 e. The summed E-state index contributed by atoms with van der Waals surface area (Å²) in [6, 6.07) is 11.5. The number of ether oxygens (including phenoxy) is 1. The molecule has 0 saturated carbocycles. The number of anilines is 1. The molecule has 2 aromatic carbocycles. The first kappa shape index (κ1) is 23.2. The lowest BCUT2D eigenvalue weighted by molar-refractivity contribution is -0.113. The number of methoxy groups -OCH3 is 1. The molecule has 0 aliphatic rings. The highest BCUT2D eigenvalue weighted by atomic mass is 35.5. The van der Waals surface area contributed by atoms with Gasteiger partial charge in [0.25, 0.3) is 0 Å². The van der Waals surface area contributed by atoms with Crippen molar-refractivity contribution in [3.05, 3.63) is 52.5 Å². The number of aromatic nitrogens is 3. The van der Waals surface area contributed by atoms with Crippen LogP contribution < -0.4 is 10.1 Å². The molecule has 0 spiro atoms. The molecule has 0 aliphatic heterocycles. The van der Waals surface area contributed by atoms with Crippen molar-refractivity contribution in [2.24, 2.45) is 0 Å². The Hall–Kier alpha value is -2.51. The Morgan fingerprint density at radius 1 is 1.13 bits per heavy atom. The first-order valence-corrected chi connectivity index (χ1v) is 11.7. The highest BCUT2D eigenvalue weighted by molar-refractivity contribution is 7.99. The summed E-state index contributed by atoms with van der Waals surface area (Å²) in [5, 5.41) is 13.0. The summed E-state index contributed by atoms with van der Waals surface area (Å²) in [5.74, 6) is 1.51. The summed E-state index contributed by atoms with van der Waals surface area (Å²) in [5.41, 5.74) is 3.99. The van der Waals surface area contributed by atoms with E-state index in [0.29, 0.717) is 28.3 Å². The number of thioether (sulfide) groups is 1. The van der Waals surface area contributed by atoms with Crippen LogP contribution in [0.5, 0.6) is 5.75 Å². The second kappa shape index (κ2) is 10.7. The smallest absolute Gasteiger partial charge is 0.234 e. The number of carbonyl (C=O) groups excluding carboxylic acids is 1. The Labute approximate surface area is 192 Å². The molecule has 3 aromatic rings. The quantitative estimate of drug-likeness (QED) is 0.430. The number of nitrogens with one attached hydrogen (secondary N) is 1. The number of aryl methyl sites for hydroxylation is 2. The average molecular weight is 459 g/mol. The Kier molecular flexibility index (Phi) is 7.98. The Morgan fingerprint density at radius 2 is 1.84 bits per heavy atom. The number of carbonyl (C=O) groups is 1. The molecule has 0 atom stereocenters. The third kappa shape index (κ3) is 5.22. The fourth-order valence-electron chi connectivity index (χ4n) is 3.44. The maximum absolute atomic E-state index is 12.7. The van der Waals surface area contributed by atoms with E-state index in [0.717, 1.165) is 35.2 Å². The fourth-order valence-corrected chi connectivity index (χ4v) is 4.42. The van der Waals surface area contributed by atoms with Crippen molar-refractivity contribution in [1.82, 2.24) is 14.8 Å². The number of halogens is 1. The summed E-state index contributed by atoms with van der Waals surface area (Å²) < 4.78 is 7.42. The lowest BCUT2D eigenvalue weighted by Crippen LogP contribution is -2.17. The van der Waals surface area contributed by atoms with Crippen LogP contribution in [-0.2, 0) is 24.2 Å². The second-order valence-electron chi connectivity index (χ2n) is 6.89. The summed E-state index contributed by atoms with van der Waals surface area (Å²) in [6.07, 6.45) is 1.73. The molecule has 1 amide bonds. The maximum atomic E-state index is 12.7. The van der Waals surface area contributed by atoms with Crippen molar-refractivity contribution in [2.45, 2.75) is 45.3 Å². The Balaban J connectivity index is 1.78. The number of rotatable bonds is 9. The molecule has 0 saturated heterocycles. The lowest BCUT2D eigenvalue weighted by atomic mass is 10.0. The molecule has 0 bridgehead atoms. The fraction of sp³-hybridized carbons (Fsp3) is 0.348. The van der Waals surface area contributed by atoms with E-state index in [4.69, 9.17) is 16.3 Å². The molecule has 164 valence electrons. The van der Waals surface area contributed by atoms with E-state index in [1.54, 1.807) is 13.2 Å². The molecule has 1 N–H and O–H groups in total. The van der Waals surface area contributed by atoms with Gasteiger partial charge < -0.3 is 14.6 Å². The summed E-state index contributed by atoms with van der Waals surface area (Å²) in [6.45, 7) is 6.85. The van der Waals surface area contributed by atoms with Gasteiger partial charge in [0.1, 0.15) is 5.75 Å². The van der Waals surface area contributed by atoms with Crippen molar-refractivity contribution >= 4 is 35.0 Å². The normalized spacial score (nSPS) is 10.9. The number of nitrogens with zero attached hydrogens (tertiary/aromatic N) is 3. The zero-order valence-electron chi connectivity index (χ0n) is 18.2. The van der Waals surface area contributed by atoms with Crippen molar-refractivity contribution in [1.29, 1.82) is 0 Å². The van der Waals surface area contributed by atoms with Crippen molar-refractivity contribution in [3.63, 3.8) is 0 Å². The van der Waals surface area contributed by atoms with E-state index in [2.05, 4.69) is 41.5 Å². The van der Waals surface area contributed by atoms with Gasteiger partial charge in [-0.25, -0.2) is 0 Å². The van der Waals surface area contributed by atoms with E-state index in [1.165, 1.54) is 11.8 Å². The van der Waals surface area contributed by atoms with Gasteiger partial charge in [0.2, 0.25) is 5.91 Å². The number of benzene rings is 2. The number of hydrogen-bond acceptors (Lipinski definition) is 5.